The van der Waals surface area contributed by atoms with E-state index < -0.39 is 5.97 Å². The Morgan fingerprint density at radius 2 is 1.60 bits per heavy atom. The van der Waals surface area contributed by atoms with Crippen LogP contribution in [0.1, 0.15) is 5.56 Å². The van der Waals surface area contributed by atoms with Gasteiger partial charge in [-0.3, -0.25) is 0 Å². The number of methoxy groups -OCH3 is 2. The van der Waals surface area contributed by atoms with Gasteiger partial charge in [0.1, 0.15) is 5.57 Å². The molecule has 0 aliphatic heterocycles. The number of benzene rings is 2. The lowest BCUT2D eigenvalue weighted by atomic mass is 9.95. The van der Waals surface area contributed by atoms with Crippen LogP contribution in [0.5, 0.6) is 0 Å². The minimum atomic E-state index is -0.421. The first-order valence-electron chi connectivity index (χ1n) is 6.24. The van der Waals surface area contributed by atoms with E-state index in [0.29, 0.717) is 5.57 Å². The van der Waals surface area contributed by atoms with Crippen molar-refractivity contribution in [3.8, 4) is 11.1 Å². The molecule has 0 N–H and O–H groups in total. The number of rotatable bonds is 4. The second kappa shape index (κ2) is 6.57. The van der Waals surface area contributed by atoms with Crippen LogP contribution < -0.4 is 0 Å². The third-order valence-corrected chi connectivity index (χ3v) is 2.94. The number of esters is 1. The second-order valence-corrected chi connectivity index (χ2v) is 4.17. The highest BCUT2D eigenvalue weighted by molar-refractivity contribution is 6.18. The van der Waals surface area contributed by atoms with Crippen LogP contribution in [0.25, 0.3) is 16.7 Å². The summed E-state index contributed by atoms with van der Waals surface area (Å²) in [6, 6.07) is 17.6. The summed E-state index contributed by atoms with van der Waals surface area (Å²) in [6.07, 6.45) is 1.41. The SMILES string of the molecule is COC=C(C(=O)OC)c1ccccc1-c1ccccc1. The van der Waals surface area contributed by atoms with E-state index in [1.54, 1.807) is 0 Å². The third kappa shape index (κ3) is 2.88. The summed E-state index contributed by atoms with van der Waals surface area (Å²) in [4.78, 5) is 11.9. The smallest absolute Gasteiger partial charge is 0.341 e. The Morgan fingerprint density at radius 3 is 2.25 bits per heavy atom. The quantitative estimate of drug-likeness (QED) is 0.483. The van der Waals surface area contributed by atoms with Crippen LogP contribution in [-0.2, 0) is 14.3 Å². The minimum absolute atomic E-state index is 0.398. The van der Waals surface area contributed by atoms with Crippen LogP contribution in [-0.4, -0.2) is 20.2 Å². The molecule has 0 unspecified atom stereocenters. The molecular weight excluding hydrogens is 252 g/mol. The molecular formula is C17H16O3. The number of carbonyl (C=O) groups is 1. The van der Waals surface area contributed by atoms with E-state index in [9.17, 15) is 4.79 Å². The molecule has 0 saturated heterocycles. The van der Waals surface area contributed by atoms with Gasteiger partial charge < -0.3 is 9.47 Å². The average molecular weight is 268 g/mol. The fraction of sp³-hybridized carbons (Fsp3) is 0.118. The van der Waals surface area contributed by atoms with Crippen molar-refractivity contribution in [1.29, 1.82) is 0 Å². The zero-order chi connectivity index (χ0) is 14.4. The summed E-state index contributed by atoms with van der Waals surface area (Å²) >= 11 is 0. The Kier molecular flexibility index (Phi) is 4.56. The van der Waals surface area contributed by atoms with Crippen LogP contribution >= 0.6 is 0 Å². The van der Waals surface area contributed by atoms with Crippen molar-refractivity contribution in [1.82, 2.24) is 0 Å². The van der Waals surface area contributed by atoms with E-state index >= 15 is 0 Å². The predicted octanol–water partition coefficient (Wildman–Crippen LogP) is 3.51. The molecule has 0 heterocycles. The van der Waals surface area contributed by atoms with Crippen LogP contribution in [0.4, 0.5) is 0 Å². The van der Waals surface area contributed by atoms with Gasteiger partial charge in [-0.05, 0) is 16.7 Å². The first-order chi connectivity index (χ1) is 9.77. The van der Waals surface area contributed by atoms with E-state index in [-0.39, 0.29) is 0 Å². The lowest BCUT2D eigenvalue weighted by Crippen LogP contribution is -2.05. The summed E-state index contributed by atoms with van der Waals surface area (Å²) < 4.78 is 9.83. The third-order valence-electron chi connectivity index (χ3n) is 2.94. The van der Waals surface area contributed by atoms with Gasteiger partial charge in [0.25, 0.3) is 0 Å². The van der Waals surface area contributed by atoms with Crippen molar-refractivity contribution in [2.24, 2.45) is 0 Å². The minimum Gasteiger partial charge on any atom is -0.503 e. The summed E-state index contributed by atoms with van der Waals surface area (Å²) in [5, 5.41) is 0. The van der Waals surface area contributed by atoms with Gasteiger partial charge in [-0.25, -0.2) is 4.79 Å². The van der Waals surface area contributed by atoms with Crippen molar-refractivity contribution >= 4 is 11.5 Å². The average Bonchev–Trinajstić information content (AvgIpc) is 2.53. The zero-order valence-corrected chi connectivity index (χ0v) is 11.5. The molecule has 0 saturated carbocycles. The molecule has 3 heteroatoms. The maximum atomic E-state index is 11.9. The molecule has 0 fully saturated rings. The molecule has 2 aromatic carbocycles. The van der Waals surface area contributed by atoms with E-state index in [4.69, 9.17) is 9.47 Å². The highest BCUT2D eigenvalue weighted by Crippen LogP contribution is 2.29. The van der Waals surface area contributed by atoms with Gasteiger partial charge in [0.15, 0.2) is 0 Å². The van der Waals surface area contributed by atoms with E-state index in [1.165, 1.54) is 20.5 Å². The summed E-state index contributed by atoms with van der Waals surface area (Å²) in [6.45, 7) is 0. The fourth-order valence-electron chi connectivity index (χ4n) is 2.04. The first-order valence-corrected chi connectivity index (χ1v) is 6.24. The number of ether oxygens (including phenoxy) is 2. The molecule has 0 amide bonds. The Labute approximate surface area is 118 Å². The van der Waals surface area contributed by atoms with Gasteiger partial charge in [-0.15, -0.1) is 0 Å². The van der Waals surface area contributed by atoms with Crippen LogP contribution in [0, 0.1) is 0 Å². The van der Waals surface area contributed by atoms with Gasteiger partial charge in [-0.2, -0.15) is 0 Å². The van der Waals surface area contributed by atoms with Gasteiger partial charge >= 0.3 is 5.97 Å². The van der Waals surface area contributed by atoms with Gasteiger partial charge in [0, 0.05) is 0 Å². The largest absolute Gasteiger partial charge is 0.503 e. The molecule has 0 atom stereocenters. The molecule has 2 aromatic rings. The van der Waals surface area contributed by atoms with Crippen molar-refractivity contribution in [3.63, 3.8) is 0 Å². The van der Waals surface area contributed by atoms with Gasteiger partial charge in [0.05, 0.1) is 20.5 Å². The highest BCUT2D eigenvalue weighted by atomic mass is 16.5. The predicted molar refractivity (Wildman–Crippen MR) is 78.9 cm³/mol. The van der Waals surface area contributed by atoms with Crippen molar-refractivity contribution < 1.29 is 14.3 Å². The standard InChI is InChI=1S/C17H16O3/c1-19-12-16(17(18)20-2)15-11-7-6-10-14(15)13-8-4-3-5-9-13/h3-12H,1-2H3. The molecule has 0 aromatic heterocycles. The monoisotopic (exact) mass is 268 g/mol. The lowest BCUT2D eigenvalue weighted by Gasteiger charge is -2.11. The van der Waals surface area contributed by atoms with Gasteiger partial charge in [0.2, 0.25) is 0 Å². The summed E-state index contributed by atoms with van der Waals surface area (Å²) in [5.74, 6) is -0.421. The molecule has 0 aliphatic rings. The zero-order valence-electron chi connectivity index (χ0n) is 11.5. The Hall–Kier alpha value is -2.55. The van der Waals surface area contributed by atoms with Crippen LogP contribution in [0.3, 0.4) is 0 Å². The summed E-state index contributed by atoms with van der Waals surface area (Å²) in [5.41, 5.74) is 3.18. The highest BCUT2D eigenvalue weighted by Gasteiger charge is 2.17. The van der Waals surface area contributed by atoms with Crippen LogP contribution in [0.2, 0.25) is 0 Å². The number of carbonyl (C=O) groups excluding carboxylic acids is 1. The van der Waals surface area contributed by atoms with E-state index in [0.717, 1.165) is 16.7 Å². The maximum Gasteiger partial charge on any atom is 0.341 e. The molecule has 2 rings (SSSR count). The molecule has 0 radical (unpaired) electrons. The molecule has 0 spiro atoms. The normalized spacial score (nSPS) is 11.0. The molecule has 20 heavy (non-hydrogen) atoms. The second-order valence-electron chi connectivity index (χ2n) is 4.17. The molecule has 0 bridgehead atoms. The Bertz CT molecular complexity index is 615. The topological polar surface area (TPSA) is 35.5 Å². The maximum absolute atomic E-state index is 11.9. The summed E-state index contributed by atoms with van der Waals surface area (Å²) in [7, 11) is 2.87. The fourth-order valence-corrected chi connectivity index (χ4v) is 2.04. The Morgan fingerprint density at radius 1 is 0.950 bits per heavy atom. The lowest BCUT2D eigenvalue weighted by molar-refractivity contribution is -0.133. The number of hydrogen-bond donors (Lipinski definition) is 0. The Balaban J connectivity index is 2.57. The van der Waals surface area contributed by atoms with Crippen molar-refractivity contribution in [3.05, 3.63) is 66.4 Å². The first kappa shape index (κ1) is 13.9. The molecule has 0 aliphatic carbocycles. The van der Waals surface area contributed by atoms with E-state index in [2.05, 4.69) is 0 Å². The van der Waals surface area contributed by atoms with Crippen molar-refractivity contribution in [2.75, 3.05) is 14.2 Å². The molecule has 3 nitrogen and oxygen atoms in total. The van der Waals surface area contributed by atoms with Gasteiger partial charge in [-0.1, -0.05) is 54.6 Å². The van der Waals surface area contributed by atoms with Crippen molar-refractivity contribution in [2.45, 2.75) is 0 Å². The van der Waals surface area contributed by atoms with Crippen LogP contribution in [0.15, 0.2) is 60.9 Å². The van der Waals surface area contributed by atoms with E-state index in [1.807, 2.05) is 54.6 Å². The molecule has 102 valence electrons. The number of hydrogen-bond acceptors (Lipinski definition) is 3.